The predicted molar refractivity (Wildman–Crippen MR) is 122 cm³/mol. The lowest BCUT2D eigenvalue weighted by Gasteiger charge is -2.38. The Morgan fingerprint density at radius 3 is 2.42 bits per heavy atom. The number of carbonyl (C=O) groups excluding carboxylic acids is 1. The average Bonchev–Trinajstić information content (AvgIpc) is 3.36. The van der Waals surface area contributed by atoms with E-state index in [-0.39, 0.29) is 16.8 Å². The van der Waals surface area contributed by atoms with Crippen molar-refractivity contribution in [2.24, 2.45) is 7.05 Å². The third-order valence-electron chi connectivity index (χ3n) is 6.71. The van der Waals surface area contributed by atoms with E-state index < -0.39 is 11.0 Å². The van der Waals surface area contributed by atoms with Gasteiger partial charge in [0.25, 0.3) is 5.56 Å². The summed E-state index contributed by atoms with van der Waals surface area (Å²) >= 11 is 0. The number of amides is 2. The maximum absolute atomic E-state index is 12.6. The summed E-state index contributed by atoms with van der Waals surface area (Å²) in [5.74, 6) is 0. The number of rotatable bonds is 5. The quantitative estimate of drug-likeness (QED) is 0.745. The van der Waals surface area contributed by atoms with Crippen LogP contribution in [-0.2, 0) is 50.3 Å². The first kappa shape index (κ1) is 20.5. The number of carbonyl (C=O) groups is 1. The van der Waals surface area contributed by atoms with Crippen molar-refractivity contribution in [3.8, 4) is 0 Å². The minimum Gasteiger partial charge on any atom is -0.319 e. The van der Waals surface area contributed by atoms with Crippen molar-refractivity contribution in [1.29, 1.82) is 0 Å². The van der Waals surface area contributed by atoms with Gasteiger partial charge in [-0.3, -0.25) is 14.4 Å². The van der Waals surface area contributed by atoms with Gasteiger partial charge >= 0.3 is 6.03 Å². The van der Waals surface area contributed by atoms with Gasteiger partial charge in [0, 0.05) is 44.6 Å². The summed E-state index contributed by atoms with van der Waals surface area (Å²) in [6, 6.07) is 5.51. The molecule has 2 aliphatic carbocycles. The van der Waals surface area contributed by atoms with Crippen LogP contribution in [0.1, 0.15) is 40.7 Å². The fourth-order valence-corrected chi connectivity index (χ4v) is 6.11. The van der Waals surface area contributed by atoms with E-state index in [0.717, 1.165) is 49.8 Å². The minimum atomic E-state index is -1.43. The van der Waals surface area contributed by atoms with Crippen LogP contribution in [0.4, 0.5) is 10.5 Å². The summed E-state index contributed by atoms with van der Waals surface area (Å²) in [4.78, 5) is 26.5. The van der Waals surface area contributed by atoms with Crippen LogP contribution in [-0.4, -0.2) is 38.0 Å². The molecule has 2 heterocycles. The molecule has 0 spiro atoms. The van der Waals surface area contributed by atoms with Crippen molar-refractivity contribution >= 4 is 22.7 Å². The number of urea groups is 1. The van der Waals surface area contributed by atoms with Gasteiger partial charge in [0.1, 0.15) is 11.0 Å². The Bertz CT molecular complexity index is 1090. The summed E-state index contributed by atoms with van der Waals surface area (Å²) in [6.45, 7) is 1.93. The van der Waals surface area contributed by atoms with Crippen LogP contribution >= 0.6 is 0 Å². The van der Waals surface area contributed by atoms with Crippen LogP contribution in [0.15, 0.2) is 29.2 Å². The van der Waals surface area contributed by atoms with Crippen LogP contribution in [0.5, 0.6) is 0 Å². The van der Waals surface area contributed by atoms with Crippen LogP contribution < -0.4 is 15.6 Å². The molecule has 1 aliphatic heterocycles. The lowest BCUT2D eigenvalue weighted by atomic mass is 9.99. The molecule has 1 aromatic carbocycles. The summed E-state index contributed by atoms with van der Waals surface area (Å²) in [6.07, 6.45) is 8.18. The Morgan fingerprint density at radius 1 is 1.10 bits per heavy atom. The number of aromatic nitrogens is 1. The number of nitrogens with zero attached hydrogens (tertiary/aromatic N) is 2. The van der Waals surface area contributed by atoms with Crippen molar-refractivity contribution in [2.75, 3.05) is 18.4 Å². The highest BCUT2D eigenvalue weighted by Crippen LogP contribution is 2.38. The molecule has 1 aromatic heterocycles. The fourth-order valence-electron chi connectivity index (χ4n) is 5.01. The molecule has 1 atom stereocenters. The second-order valence-corrected chi connectivity index (χ2v) is 10.4. The Kier molecular flexibility index (Phi) is 5.44. The van der Waals surface area contributed by atoms with Gasteiger partial charge in [-0.2, -0.15) is 0 Å². The molecule has 2 N–H and O–H groups in total. The molecule has 31 heavy (non-hydrogen) atoms. The Morgan fingerprint density at radius 2 is 1.77 bits per heavy atom. The topological polar surface area (TPSA) is 83.4 Å². The van der Waals surface area contributed by atoms with Crippen molar-refractivity contribution in [1.82, 2.24) is 14.2 Å². The molecule has 0 saturated carbocycles. The summed E-state index contributed by atoms with van der Waals surface area (Å²) < 4.78 is 16.8. The number of hydrogen-bond donors (Lipinski definition) is 2. The fraction of sp³-hybridized carbons (Fsp3) is 0.478. The molecular formula is C23H28N4O3S. The molecule has 2 amide bonds. The molecule has 0 radical (unpaired) electrons. The first-order valence-electron chi connectivity index (χ1n) is 11.0. The number of anilines is 1. The normalized spacial score (nSPS) is 18.9. The summed E-state index contributed by atoms with van der Waals surface area (Å²) in [7, 11) is 0.291. The predicted octanol–water partition coefficient (Wildman–Crippen LogP) is 2.03. The number of fused-ring (bicyclic) bond motifs is 2. The van der Waals surface area contributed by atoms with Crippen molar-refractivity contribution in [3.05, 3.63) is 62.6 Å². The maximum Gasteiger partial charge on any atom is 0.331 e. The Labute approximate surface area is 184 Å². The van der Waals surface area contributed by atoms with Gasteiger partial charge in [0.05, 0.1) is 5.25 Å². The van der Waals surface area contributed by atoms with E-state index in [0.29, 0.717) is 19.6 Å². The Hall–Kier alpha value is -2.45. The highest BCUT2D eigenvalue weighted by Gasteiger charge is 2.33. The number of hydrogen-bond acceptors (Lipinski definition) is 4. The van der Waals surface area contributed by atoms with Gasteiger partial charge in [-0.15, -0.1) is 0 Å². The number of likely N-dealkylation sites (tertiary alicyclic amines) is 1. The number of aryl methyl sites for hydroxylation is 3. The molecule has 5 rings (SSSR count). The molecule has 8 heteroatoms. The zero-order valence-electron chi connectivity index (χ0n) is 17.8. The van der Waals surface area contributed by atoms with E-state index in [4.69, 9.17) is 0 Å². The summed E-state index contributed by atoms with van der Waals surface area (Å²) in [5, 5.41) is 2.95. The number of pyridine rings is 1. The van der Waals surface area contributed by atoms with Crippen LogP contribution in [0.25, 0.3) is 0 Å². The highest BCUT2D eigenvalue weighted by molar-refractivity contribution is 7.84. The molecule has 1 unspecified atom stereocenters. The molecular weight excluding hydrogens is 412 g/mol. The Balaban J connectivity index is 1.17. The molecule has 1 saturated heterocycles. The molecule has 2 aromatic rings. The zero-order chi connectivity index (χ0) is 21.5. The molecule has 3 aliphatic rings. The number of nitrogens with one attached hydrogen (secondary N) is 2. The average molecular weight is 441 g/mol. The van der Waals surface area contributed by atoms with Gasteiger partial charge in [0.15, 0.2) is 0 Å². The minimum absolute atomic E-state index is 0.0321. The molecule has 0 bridgehead atoms. The summed E-state index contributed by atoms with van der Waals surface area (Å²) in [5.41, 5.74) is 7.15. The van der Waals surface area contributed by atoms with Crippen molar-refractivity contribution < 1.29 is 9.00 Å². The first-order valence-corrected chi connectivity index (χ1v) is 12.2. The van der Waals surface area contributed by atoms with Crippen LogP contribution in [0.3, 0.4) is 0 Å². The highest BCUT2D eigenvalue weighted by atomic mass is 32.2. The van der Waals surface area contributed by atoms with E-state index in [1.54, 1.807) is 19.3 Å². The third-order valence-corrected chi connectivity index (χ3v) is 8.00. The van der Waals surface area contributed by atoms with Gasteiger partial charge < -0.3 is 9.88 Å². The standard InChI is InChI=1S/C23H28N4O3S/c1-26-9-8-15(10-21(26)28)12-27-13-18(14-27)31(30)25-23(29)24-22-19-6-2-4-16(19)11-17-5-3-7-20(17)22/h8-11,18H,2-7,12-14H2,1H3,(H2,24,25,29). The second kappa shape index (κ2) is 8.24. The zero-order valence-corrected chi connectivity index (χ0v) is 18.6. The lowest BCUT2D eigenvalue weighted by molar-refractivity contribution is 0.178. The van der Waals surface area contributed by atoms with Gasteiger partial charge in [0.2, 0.25) is 0 Å². The van der Waals surface area contributed by atoms with Gasteiger partial charge in [-0.25, -0.2) is 9.00 Å². The molecule has 7 nitrogen and oxygen atoms in total. The largest absolute Gasteiger partial charge is 0.331 e. The second-order valence-electron chi connectivity index (χ2n) is 8.89. The lowest BCUT2D eigenvalue weighted by Crippen LogP contribution is -2.55. The SMILES string of the molecule is Cn1ccc(CN2CC(S(=O)NC(=O)Nc3c4c(cc5c3CCC5)CCC4)C2)cc1=O. The smallest absolute Gasteiger partial charge is 0.319 e. The van der Waals surface area contributed by atoms with E-state index in [1.165, 1.54) is 26.8 Å². The maximum atomic E-state index is 12.6. The van der Waals surface area contributed by atoms with E-state index in [9.17, 15) is 13.8 Å². The van der Waals surface area contributed by atoms with E-state index >= 15 is 0 Å². The molecule has 1 fully saturated rings. The van der Waals surface area contributed by atoms with Crippen LogP contribution in [0.2, 0.25) is 0 Å². The van der Waals surface area contributed by atoms with E-state index in [2.05, 4.69) is 21.0 Å². The van der Waals surface area contributed by atoms with Crippen LogP contribution in [0, 0.1) is 0 Å². The number of benzene rings is 1. The van der Waals surface area contributed by atoms with E-state index in [1.807, 2.05) is 6.07 Å². The van der Waals surface area contributed by atoms with Crippen molar-refractivity contribution in [2.45, 2.75) is 50.3 Å². The molecule has 164 valence electrons. The monoisotopic (exact) mass is 440 g/mol. The van der Waals surface area contributed by atoms with Gasteiger partial charge in [-0.1, -0.05) is 6.07 Å². The first-order chi connectivity index (χ1) is 15.0. The van der Waals surface area contributed by atoms with Gasteiger partial charge in [-0.05, 0) is 72.4 Å². The van der Waals surface area contributed by atoms with Crippen molar-refractivity contribution in [3.63, 3.8) is 0 Å². The third kappa shape index (κ3) is 4.06.